The molecule has 1 aromatic heterocycles. The first-order chi connectivity index (χ1) is 19.3. The quantitative estimate of drug-likeness (QED) is 0.190. The van der Waals surface area contributed by atoms with E-state index >= 15 is 0 Å². The van der Waals surface area contributed by atoms with Crippen LogP contribution in [0, 0.1) is 0 Å². The average Bonchev–Trinajstić information content (AvgIpc) is 2.94. The maximum absolute atomic E-state index is 12.7. The van der Waals surface area contributed by atoms with Crippen LogP contribution in [0.5, 0.6) is 5.75 Å². The number of aromatic nitrogens is 2. The van der Waals surface area contributed by atoms with Gasteiger partial charge in [0, 0.05) is 18.2 Å². The summed E-state index contributed by atoms with van der Waals surface area (Å²) in [7, 11) is 1.51. The number of hydrogen-bond acceptors (Lipinski definition) is 9. The number of methoxy groups -OCH3 is 1. The fourth-order valence-electron chi connectivity index (χ4n) is 3.74. The van der Waals surface area contributed by atoms with Crippen LogP contribution in [0.15, 0.2) is 66.7 Å². The third-order valence-electron chi connectivity index (χ3n) is 5.58. The molecule has 13 heteroatoms. The van der Waals surface area contributed by atoms with Gasteiger partial charge in [-0.2, -0.15) is 0 Å². The van der Waals surface area contributed by atoms with Gasteiger partial charge in [0.05, 0.1) is 58.8 Å². The molecule has 0 aliphatic rings. The lowest BCUT2D eigenvalue weighted by atomic mass is 10.2. The smallest absolute Gasteiger partial charge is 0.307 e. The van der Waals surface area contributed by atoms with E-state index in [2.05, 4.69) is 20.6 Å². The summed E-state index contributed by atoms with van der Waals surface area (Å²) in [5.74, 6) is -0.356. The Hall–Kier alpha value is -4.26. The highest BCUT2D eigenvalue weighted by Crippen LogP contribution is 2.36. The summed E-state index contributed by atoms with van der Waals surface area (Å²) < 4.78 is 36.3. The number of fused-ring (bicyclic) bond motifs is 1. The van der Waals surface area contributed by atoms with Crippen LogP contribution >= 0.6 is 11.6 Å². The van der Waals surface area contributed by atoms with Crippen LogP contribution in [-0.2, 0) is 20.8 Å². The molecule has 0 bridgehead atoms. The van der Waals surface area contributed by atoms with Gasteiger partial charge in [0.15, 0.2) is 11.6 Å². The zero-order chi connectivity index (χ0) is 28.6. The lowest BCUT2D eigenvalue weighted by Crippen LogP contribution is -2.27. The Morgan fingerprint density at radius 3 is 2.50 bits per heavy atom. The zero-order valence-corrected chi connectivity index (χ0v) is 23.1. The summed E-state index contributed by atoms with van der Waals surface area (Å²) in [4.78, 5) is 33.5. The largest absolute Gasteiger partial charge is 0.755 e. The van der Waals surface area contributed by atoms with Crippen molar-refractivity contribution in [1.29, 1.82) is 0 Å². The molecule has 3 aromatic carbocycles. The number of carbonyl (C=O) groups excluding carboxylic acids is 2. The van der Waals surface area contributed by atoms with Crippen molar-refractivity contribution in [2.24, 2.45) is 0 Å². The maximum atomic E-state index is 12.7. The van der Waals surface area contributed by atoms with Crippen molar-refractivity contribution in [1.82, 2.24) is 15.3 Å². The van der Waals surface area contributed by atoms with Crippen molar-refractivity contribution >= 4 is 68.8 Å². The first kappa shape index (κ1) is 28.7. The Kier molecular flexibility index (Phi) is 9.48. The molecule has 0 spiro atoms. The highest BCUT2D eigenvalue weighted by Gasteiger charge is 2.21. The number of nitrogens with one attached hydrogen (secondary N) is 2. The molecular weight excluding hydrogens is 558 g/mol. The maximum Gasteiger partial charge on any atom is 0.307 e. The molecule has 1 heterocycles. The fourth-order valence-corrected chi connectivity index (χ4v) is 4.46. The molecule has 4 rings (SSSR count). The van der Waals surface area contributed by atoms with Gasteiger partial charge in [0.2, 0.25) is 0 Å². The topological polar surface area (TPSA) is 146 Å². The van der Waals surface area contributed by atoms with E-state index < -0.39 is 23.1 Å². The molecule has 0 radical (unpaired) electrons. The molecular formula is C27H25ClN5O6S-. The summed E-state index contributed by atoms with van der Waals surface area (Å²) in [6, 6.07) is 17.9. The Balaban J connectivity index is 1.72. The molecule has 0 aliphatic carbocycles. The highest BCUT2D eigenvalue weighted by atomic mass is 35.5. The molecule has 2 N–H and O–H groups in total. The van der Waals surface area contributed by atoms with E-state index in [-0.39, 0.29) is 42.5 Å². The molecule has 40 heavy (non-hydrogen) atoms. The van der Waals surface area contributed by atoms with Crippen LogP contribution in [-0.4, -0.2) is 50.9 Å². The van der Waals surface area contributed by atoms with E-state index in [1.165, 1.54) is 31.4 Å². The van der Waals surface area contributed by atoms with Gasteiger partial charge in [0.25, 0.3) is 5.91 Å². The molecule has 4 aromatic rings. The minimum Gasteiger partial charge on any atom is -0.755 e. The number of benzene rings is 3. The van der Waals surface area contributed by atoms with E-state index in [1.54, 1.807) is 49.4 Å². The first-order valence-corrected chi connectivity index (χ1v) is 13.5. The van der Waals surface area contributed by atoms with E-state index in [4.69, 9.17) is 21.1 Å². The number of nitrogens with zero attached hydrogens (tertiary/aromatic N) is 3. The van der Waals surface area contributed by atoms with Crippen LogP contribution in [0.2, 0.25) is 5.02 Å². The molecule has 1 unspecified atom stereocenters. The molecule has 1 amide bonds. The summed E-state index contributed by atoms with van der Waals surface area (Å²) >= 11 is 3.52. The summed E-state index contributed by atoms with van der Waals surface area (Å²) in [5, 5.41) is 6.05. The van der Waals surface area contributed by atoms with Crippen LogP contribution < -0.4 is 19.7 Å². The number of anilines is 4. The van der Waals surface area contributed by atoms with Gasteiger partial charge in [-0.1, -0.05) is 29.8 Å². The third-order valence-corrected chi connectivity index (χ3v) is 6.59. The second-order valence-electron chi connectivity index (χ2n) is 8.23. The average molecular weight is 583 g/mol. The Morgan fingerprint density at radius 1 is 1.05 bits per heavy atom. The SMILES string of the molecule is CCOC(=O)CCNC(=O)c1cccc(N(c2nc3ccccc3nc2Nc2cc(OC)ccc2Cl)S(=O)[O-])c1. The molecule has 0 aliphatic heterocycles. The van der Waals surface area contributed by atoms with E-state index in [1.807, 2.05) is 0 Å². The van der Waals surface area contributed by atoms with Crippen LogP contribution in [0.4, 0.5) is 23.0 Å². The lowest BCUT2D eigenvalue weighted by Gasteiger charge is -2.27. The first-order valence-electron chi connectivity index (χ1n) is 12.1. The third kappa shape index (κ3) is 6.84. The van der Waals surface area contributed by atoms with Gasteiger partial charge >= 0.3 is 5.97 Å². The number of hydrogen-bond donors (Lipinski definition) is 2. The number of ether oxygens (including phenoxy) is 2. The zero-order valence-electron chi connectivity index (χ0n) is 21.5. The number of esters is 1. The summed E-state index contributed by atoms with van der Waals surface area (Å²) in [6.07, 6.45) is 0.00448. The molecule has 1 atom stereocenters. The van der Waals surface area contributed by atoms with Crippen LogP contribution in [0.1, 0.15) is 23.7 Å². The Bertz CT molecular complexity index is 1570. The van der Waals surface area contributed by atoms with Crippen molar-refractivity contribution < 1.29 is 27.8 Å². The van der Waals surface area contributed by atoms with Gasteiger partial charge in [-0.05, 0) is 49.4 Å². The van der Waals surface area contributed by atoms with E-state index in [0.717, 1.165) is 4.31 Å². The minimum atomic E-state index is -2.87. The lowest BCUT2D eigenvalue weighted by molar-refractivity contribution is -0.142. The second kappa shape index (κ2) is 13.2. The van der Waals surface area contributed by atoms with Crippen LogP contribution in [0.25, 0.3) is 11.0 Å². The highest BCUT2D eigenvalue weighted by molar-refractivity contribution is 7.81. The van der Waals surface area contributed by atoms with Gasteiger partial charge in [-0.3, -0.25) is 18.1 Å². The van der Waals surface area contributed by atoms with E-state index in [0.29, 0.717) is 27.5 Å². The molecule has 208 valence electrons. The molecule has 0 fully saturated rings. The number of halogens is 1. The summed E-state index contributed by atoms with van der Waals surface area (Å²) in [5.41, 5.74) is 1.69. The van der Waals surface area contributed by atoms with E-state index in [9.17, 15) is 18.4 Å². The standard InChI is InChI=1S/C27H26ClN5O6S/c1-3-39-24(34)13-14-29-27(35)17-7-6-8-18(15-17)33(40(36)37)26-25(30-21-9-4-5-10-22(21)32-26)31-23-16-19(38-2)11-12-20(23)28/h4-12,15-16H,3,13-14H2,1-2H3,(H,29,35)(H,30,31)(H,36,37)/p-1. The Labute approximate surface area is 237 Å². The molecule has 0 saturated heterocycles. The minimum absolute atomic E-state index is 0.00448. The predicted molar refractivity (Wildman–Crippen MR) is 152 cm³/mol. The van der Waals surface area contributed by atoms with Gasteiger partial charge in [0.1, 0.15) is 5.75 Å². The number of rotatable bonds is 11. The van der Waals surface area contributed by atoms with Crippen molar-refractivity contribution in [3.63, 3.8) is 0 Å². The number of para-hydroxylation sites is 2. The van der Waals surface area contributed by atoms with Crippen molar-refractivity contribution in [2.45, 2.75) is 13.3 Å². The normalized spacial score (nSPS) is 11.5. The Morgan fingerprint density at radius 2 is 1.80 bits per heavy atom. The molecule has 0 saturated carbocycles. The summed E-state index contributed by atoms with van der Waals surface area (Å²) in [6.45, 7) is 2.00. The number of carbonyl (C=O) groups is 2. The van der Waals surface area contributed by atoms with Gasteiger partial charge in [-0.25, -0.2) is 9.97 Å². The van der Waals surface area contributed by atoms with Gasteiger partial charge in [-0.15, -0.1) is 0 Å². The van der Waals surface area contributed by atoms with Crippen molar-refractivity contribution in [2.75, 3.05) is 29.9 Å². The van der Waals surface area contributed by atoms with Gasteiger partial charge < -0.3 is 24.7 Å². The van der Waals surface area contributed by atoms with Crippen LogP contribution in [0.3, 0.4) is 0 Å². The predicted octanol–water partition coefficient (Wildman–Crippen LogP) is 4.65. The van der Waals surface area contributed by atoms with Crippen molar-refractivity contribution in [3.05, 3.63) is 77.3 Å². The molecule has 11 nitrogen and oxygen atoms in total. The monoisotopic (exact) mass is 582 g/mol. The second-order valence-corrected chi connectivity index (χ2v) is 9.43. The fraction of sp³-hybridized carbons (Fsp3) is 0.185. The van der Waals surface area contributed by atoms with Crippen molar-refractivity contribution in [3.8, 4) is 5.75 Å². The number of amides is 1.